The lowest BCUT2D eigenvalue weighted by Gasteiger charge is -2.25. The smallest absolute Gasteiger partial charge is 0.259 e. The molecule has 4 aromatic heterocycles. The van der Waals surface area contributed by atoms with Crippen LogP contribution in [0.3, 0.4) is 0 Å². The predicted octanol–water partition coefficient (Wildman–Crippen LogP) is 3.66. The van der Waals surface area contributed by atoms with E-state index in [1.807, 2.05) is 54.6 Å². The van der Waals surface area contributed by atoms with Crippen molar-refractivity contribution < 1.29 is 4.79 Å². The van der Waals surface area contributed by atoms with E-state index in [4.69, 9.17) is 4.98 Å². The fourth-order valence-corrected chi connectivity index (χ4v) is 7.33. The molecular formula is C29H29N7O2S. The molecule has 7 rings (SSSR count). The maximum Gasteiger partial charge on any atom is 0.259 e. The Bertz CT molecular complexity index is 1810. The number of nitrogens with one attached hydrogen (secondary N) is 1. The first-order chi connectivity index (χ1) is 18.8. The van der Waals surface area contributed by atoms with E-state index >= 15 is 0 Å². The van der Waals surface area contributed by atoms with E-state index in [2.05, 4.69) is 32.1 Å². The molecule has 0 saturated carbocycles. The van der Waals surface area contributed by atoms with Gasteiger partial charge in [-0.05, 0) is 64.0 Å². The Kier molecular flexibility index (Phi) is 5.47. The number of nitrogens with zero attached hydrogens (tertiary/aromatic N) is 6. The predicted molar refractivity (Wildman–Crippen MR) is 154 cm³/mol. The highest BCUT2D eigenvalue weighted by Crippen LogP contribution is 2.35. The molecule has 0 aliphatic carbocycles. The van der Waals surface area contributed by atoms with E-state index in [0.717, 1.165) is 35.7 Å². The fraction of sp³-hybridized carbons (Fsp3) is 0.345. The number of para-hydroxylation sites is 1. The number of carbonyl (C=O) groups is 1. The Morgan fingerprint density at radius 2 is 1.97 bits per heavy atom. The van der Waals surface area contributed by atoms with Crippen molar-refractivity contribution in [2.45, 2.75) is 31.8 Å². The van der Waals surface area contributed by atoms with Gasteiger partial charge in [-0.2, -0.15) is 0 Å². The zero-order valence-electron chi connectivity index (χ0n) is 22.1. The lowest BCUT2D eigenvalue weighted by Crippen LogP contribution is -2.43. The lowest BCUT2D eigenvalue weighted by atomic mass is 10.0. The monoisotopic (exact) mass is 539 g/mol. The van der Waals surface area contributed by atoms with Gasteiger partial charge >= 0.3 is 0 Å². The van der Waals surface area contributed by atoms with Crippen LogP contribution in [0.5, 0.6) is 0 Å². The summed E-state index contributed by atoms with van der Waals surface area (Å²) in [5.41, 5.74) is 1.09. The molecule has 0 bridgehead atoms. The van der Waals surface area contributed by atoms with Gasteiger partial charge in [-0.15, -0.1) is 11.3 Å². The molecule has 2 fully saturated rings. The summed E-state index contributed by atoms with van der Waals surface area (Å²) in [7, 11) is 2.20. The van der Waals surface area contributed by atoms with Gasteiger partial charge in [-0.25, -0.2) is 4.98 Å². The summed E-state index contributed by atoms with van der Waals surface area (Å²) in [5, 5.41) is 3.46. The maximum absolute atomic E-state index is 14.0. The number of amides is 1. The van der Waals surface area contributed by atoms with Crippen molar-refractivity contribution in [3.05, 3.63) is 76.5 Å². The second-order valence-corrected chi connectivity index (χ2v) is 12.2. The van der Waals surface area contributed by atoms with Crippen LogP contribution in [-0.2, 0) is 5.54 Å². The van der Waals surface area contributed by atoms with E-state index in [9.17, 15) is 9.59 Å². The molecule has 1 N–H and O–H groups in total. The van der Waals surface area contributed by atoms with Gasteiger partial charge in [0.2, 0.25) is 5.43 Å². The second-order valence-electron chi connectivity index (χ2n) is 11.1. The van der Waals surface area contributed by atoms with E-state index in [0.29, 0.717) is 33.5 Å². The highest BCUT2D eigenvalue weighted by molar-refractivity contribution is 7.24. The molecule has 2 atom stereocenters. The van der Waals surface area contributed by atoms with Crippen molar-refractivity contribution in [3.63, 3.8) is 0 Å². The average molecular weight is 540 g/mol. The Hall–Kier alpha value is -3.89. The van der Waals surface area contributed by atoms with Gasteiger partial charge in [0.15, 0.2) is 5.65 Å². The molecule has 1 unspecified atom stereocenters. The summed E-state index contributed by atoms with van der Waals surface area (Å²) in [6.07, 6.45) is 6.00. The van der Waals surface area contributed by atoms with E-state index < -0.39 is 11.4 Å². The normalized spacial score (nSPS) is 19.8. The first kappa shape index (κ1) is 24.2. The third-order valence-electron chi connectivity index (χ3n) is 8.28. The number of carbonyl (C=O) groups excluding carboxylic acids is 1. The van der Waals surface area contributed by atoms with Crippen LogP contribution in [0.25, 0.3) is 26.1 Å². The molecule has 0 spiro atoms. The number of pyridine rings is 2. The van der Waals surface area contributed by atoms with Crippen LogP contribution in [0.4, 0.5) is 5.82 Å². The summed E-state index contributed by atoms with van der Waals surface area (Å²) < 4.78 is 2.96. The van der Waals surface area contributed by atoms with Gasteiger partial charge in [-0.3, -0.25) is 24.0 Å². The van der Waals surface area contributed by atoms with Crippen LogP contribution in [0, 0.1) is 5.92 Å². The minimum Gasteiger partial charge on any atom is -0.355 e. The van der Waals surface area contributed by atoms with E-state index in [1.165, 1.54) is 17.8 Å². The number of thiazole rings is 1. The molecule has 2 aliphatic rings. The molecule has 1 aromatic carbocycles. The van der Waals surface area contributed by atoms with E-state index in [-0.39, 0.29) is 11.0 Å². The number of fused-ring (bicyclic) bond motifs is 6. The van der Waals surface area contributed by atoms with Crippen molar-refractivity contribution in [3.8, 4) is 0 Å². The number of likely N-dealkylation sites (N-methyl/N-ethyl adjacent to an activating group) is 1. The SMILES string of the molecule is CN1CC[C@@H]2CN(c3ccc4c(=O)c(C(=O)NC(C)(C)c5cnccn5)c5sc6ccccc6n5c4n3)CC21. The number of likely N-dealkylation sites (tertiary alicyclic amines) is 1. The number of rotatable bonds is 4. The Balaban J connectivity index is 1.39. The number of anilines is 1. The quantitative estimate of drug-likeness (QED) is 0.372. The van der Waals surface area contributed by atoms with Gasteiger partial charge in [0.25, 0.3) is 5.91 Å². The van der Waals surface area contributed by atoms with Crippen LogP contribution in [0.2, 0.25) is 0 Å². The third kappa shape index (κ3) is 3.81. The standard InChI is InChI=1S/C29H29N7O2S/c1-29(2,22-14-30-11-12-31-22)33-27(38)24-25(37)18-8-9-23(35-15-17-10-13-34(3)20(17)16-35)32-26(18)36-19-6-4-5-7-21(19)39-28(24)36/h4-9,11-12,14,17,20H,10,13,15-16H2,1-3H3,(H,33,38)/t17-,20?/m1/s1. The topological polar surface area (TPSA) is 95.7 Å². The van der Waals surface area contributed by atoms with Crippen LogP contribution in [0.1, 0.15) is 36.3 Å². The molecule has 0 radical (unpaired) electrons. The molecule has 2 saturated heterocycles. The van der Waals surface area contributed by atoms with Crippen molar-refractivity contribution in [1.82, 2.24) is 29.6 Å². The second kappa shape index (κ2) is 8.82. The minimum atomic E-state index is -0.830. The number of hydrogen-bond acceptors (Lipinski definition) is 8. The van der Waals surface area contributed by atoms with Gasteiger partial charge < -0.3 is 15.1 Å². The summed E-state index contributed by atoms with van der Waals surface area (Å²) in [6.45, 7) is 6.75. The van der Waals surface area contributed by atoms with Crippen LogP contribution >= 0.6 is 11.3 Å². The summed E-state index contributed by atoms with van der Waals surface area (Å²) in [4.78, 5) is 46.7. The van der Waals surface area contributed by atoms with Crippen molar-refractivity contribution in [1.29, 1.82) is 0 Å². The molecule has 39 heavy (non-hydrogen) atoms. The zero-order chi connectivity index (χ0) is 26.9. The van der Waals surface area contributed by atoms with E-state index in [1.54, 1.807) is 18.6 Å². The Morgan fingerprint density at radius 3 is 2.77 bits per heavy atom. The first-order valence-corrected chi connectivity index (χ1v) is 14.0. The summed E-state index contributed by atoms with van der Waals surface area (Å²) >= 11 is 1.43. The average Bonchev–Trinajstić information content (AvgIpc) is 3.63. The molecule has 6 heterocycles. The van der Waals surface area contributed by atoms with Gasteiger partial charge in [0, 0.05) is 31.5 Å². The highest BCUT2D eigenvalue weighted by atomic mass is 32.1. The Morgan fingerprint density at radius 1 is 1.13 bits per heavy atom. The molecule has 9 nitrogen and oxygen atoms in total. The molecular weight excluding hydrogens is 510 g/mol. The molecule has 10 heteroatoms. The highest BCUT2D eigenvalue weighted by Gasteiger charge is 2.40. The van der Waals surface area contributed by atoms with Crippen LogP contribution < -0.4 is 15.6 Å². The molecule has 1 amide bonds. The van der Waals surface area contributed by atoms with Crippen LogP contribution in [-0.4, -0.2) is 62.9 Å². The zero-order valence-corrected chi connectivity index (χ0v) is 22.9. The first-order valence-electron chi connectivity index (χ1n) is 13.2. The minimum absolute atomic E-state index is 0.118. The fourth-order valence-electron chi connectivity index (χ4n) is 6.15. The van der Waals surface area contributed by atoms with Crippen molar-refractivity contribution >= 4 is 49.1 Å². The maximum atomic E-state index is 14.0. The lowest BCUT2D eigenvalue weighted by molar-refractivity contribution is 0.0911. The largest absolute Gasteiger partial charge is 0.355 e. The van der Waals surface area contributed by atoms with Gasteiger partial charge in [0.05, 0.1) is 33.0 Å². The molecule has 2 aliphatic heterocycles. The Labute approximate surface area is 229 Å². The molecule has 198 valence electrons. The third-order valence-corrected chi connectivity index (χ3v) is 9.42. The molecule has 5 aromatic rings. The summed E-state index contributed by atoms with van der Waals surface area (Å²) in [5.74, 6) is 1.07. The number of hydrogen-bond donors (Lipinski definition) is 1. The van der Waals surface area contributed by atoms with Crippen molar-refractivity contribution in [2.75, 3.05) is 31.6 Å². The van der Waals surface area contributed by atoms with Gasteiger partial charge in [0.1, 0.15) is 16.2 Å². The van der Waals surface area contributed by atoms with Crippen LogP contribution in [0.15, 0.2) is 59.8 Å². The van der Waals surface area contributed by atoms with Gasteiger partial charge in [-0.1, -0.05) is 12.1 Å². The number of aromatic nitrogens is 4. The summed E-state index contributed by atoms with van der Waals surface area (Å²) in [6, 6.07) is 12.3. The number of benzene rings is 1. The van der Waals surface area contributed by atoms with Crippen molar-refractivity contribution in [2.24, 2.45) is 5.92 Å².